The summed E-state index contributed by atoms with van der Waals surface area (Å²) in [5, 5.41) is 12.0. The van der Waals surface area contributed by atoms with Gasteiger partial charge in [0.1, 0.15) is 11.6 Å². The number of benzene rings is 1. The monoisotopic (exact) mass is 371 g/mol. The van der Waals surface area contributed by atoms with Gasteiger partial charge in [0, 0.05) is 32.4 Å². The van der Waals surface area contributed by atoms with Crippen LogP contribution in [0.15, 0.2) is 47.8 Å². The zero-order chi connectivity index (χ0) is 18.5. The van der Waals surface area contributed by atoms with Crippen LogP contribution in [0.25, 0.3) is 0 Å². The molecule has 1 amide bonds. The Hall–Kier alpha value is -2.74. The summed E-state index contributed by atoms with van der Waals surface area (Å²) in [6.45, 7) is 0. The molecule has 2 heterocycles. The Bertz CT molecular complexity index is 903. The lowest BCUT2D eigenvalue weighted by atomic mass is 10.3. The van der Waals surface area contributed by atoms with Crippen LogP contribution in [0.2, 0.25) is 0 Å². The highest BCUT2D eigenvalue weighted by Crippen LogP contribution is 2.24. The molecule has 1 aromatic carbocycles. The van der Waals surface area contributed by atoms with Gasteiger partial charge in [0.05, 0.1) is 18.6 Å². The summed E-state index contributed by atoms with van der Waals surface area (Å²) in [7, 11) is 5.50. The predicted molar refractivity (Wildman–Crippen MR) is 102 cm³/mol. The molecule has 0 spiro atoms. The van der Waals surface area contributed by atoms with Gasteiger partial charge in [-0.3, -0.25) is 4.79 Å². The Morgan fingerprint density at radius 2 is 2.00 bits per heavy atom. The van der Waals surface area contributed by atoms with Gasteiger partial charge >= 0.3 is 0 Å². The van der Waals surface area contributed by atoms with E-state index in [4.69, 9.17) is 4.74 Å². The van der Waals surface area contributed by atoms with Crippen molar-refractivity contribution in [3.63, 3.8) is 0 Å². The molecule has 0 saturated heterocycles. The maximum absolute atomic E-state index is 12.2. The lowest BCUT2D eigenvalue weighted by Crippen LogP contribution is -2.15. The molecule has 0 atom stereocenters. The number of anilines is 1. The number of rotatable bonds is 7. The molecular formula is C18H21N5O2S. The van der Waals surface area contributed by atoms with Crippen molar-refractivity contribution in [2.24, 2.45) is 14.1 Å². The lowest BCUT2D eigenvalue weighted by molar-refractivity contribution is -0.113. The van der Waals surface area contributed by atoms with Gasteiger partial charge in [0.25, 0.3) is 0 Å². The molecule has 3 aromatic rings. The number of nitrogens with zero attached hydrogens (tertiary/aromatic N) is 4. The highest BCUT2D eigenvalue weighted by Gasteiger charge is 2.13. The lowest BCUT2D eigenvalue weighted by Gasteiger charge is -2.09. The van der Waals surface area contributed by atoms with E-state index in [1.807, 2.05) is 49.1 Å². The zero-order valence-corrected chi connectivity index (χ0v) is 15.8. The highest BCUT2D eigenvalue weighted by atomic mass is 32.2. The Morgan fingerprint density at radius 3 is 2.73 bits per heavy atom. The molecule has 7 nitrogen and oxygen atoms in total. The average molecular weight is 371 g/mol. The van der Waals surface area contributed by atoms with Gasteiger partial charge in [-0.2, -0.15) is 0 Å². The summed E-state index contributed by atoms with van der Waals surface area (Å²) in [6.07, 6.45) is 2.70. The van der Waals surface area contributed by atoms with E-state index in [0.29, 0.717) is 23.0 Å². The number of para-hydroxylation sites is 2. The van der Waals surface area contributed by atoms with Crippen molar-refractivity contribution in [3.05, 3.63) is 54.1 Å². The Morgan fingerprint density at radius 1 is 1.19 bits per heavy atom. The Kier molecular flexibility index (Phi) is 5.62. The molecule has 0 saturated carbocycles. The molecule has 0 fully saturated rings. The van der Waals surface area contributed by atoms with E-state index in [0.717, 1.165) is 11.5 Å². The van der Waals surface area contributed by atoms with Crippen LogP contribution in [0.1, 0.15) is 11.5 Å². The minimum Gasteiger partial charge on any atom is -0.495 e. The van der Waals surface area contributed by atoms with Gasteiger partial charge in [-0.25, -0.2) is 0 Å². The molecule has 0 radical (unpaired) electrons. The van der Waals surface area contributed by atoms with Crippen LogP contribution in [0.4, 0.5) is 5.69 Å². The second-order valence-corrected chi connectivity index (χ2v) is 6.72. The molecular weight excluding hydrogens is 350 g/mol. The normalized spacial score (nSPS) is 10.7. The number of thioether (sulfide) groups is 1. The molecule has 0 aliphatic carbocycles. The topological polar surface area (TPSA) is 74.0 Å². The van der Waals surface area contributed by atoms with Gasteiger partial charge in [-0.05, 0) is 24.3 Å². The van der Waals surface area contributed by atoms with E-state index in [1.54, 1.807) is 13.2 Å². The number of hydrogen-bond acceptors (Lipinski definition) is 5. The summed E-state index contributed by atoms with van der Waals surface area (Å²) in [5.74, 6) is 1.62. The first-order chi connectivity index (χ1) is 12.6. The number of nitrogens with one attached hydrogen (secondary N) is 1. The smallest absolute Gasteiger partial charge is 0.234 e. The van der Waals surface area contributed by atoms with E-state index in [-0.39, 0.29) is 11.7 Å². The van der Waals surface area contributed by atoms with Crippen LogP contribution in [0.3, 0.4) is 0 Å². The Labute approximate surface area is 156 Å². The molecule has 1 N–H and O–H groups in total. The molecule has 0 aliphatic heterocycles. The van der Waals surface area contributed by atoms with Gasteiger partial charge in [0.15, 0.2) is 5.16 Å². The Balaban J connectivity index is 1.59. The van der Waals surface area contributed by atoms with Crippen molar-refractivity contribution in [2.75, 3.05) is 18.2 Å². The molecule has 0 unspecified atom stereocenters. The third kappa shape index (κ3) is 4.08. The number of aryl methyl sites for hydroxylation is 1. The zero-order valence-electron chi connectivity index (χ0n) is 15.0. The first-order valence-electron chi connectivity index (χ1n) is 8.12. The molecule has 2 aromatic heterocycles. The average Bonchev–Trinajstić information content (AvgIpc) is 3.20. The fourth-order valence-electron chi connectivity index (χ4n) is 2.53. The molecule has 136 valence electrons. The quantitative estimate of drug-likeness (QED) is 0.646. The second kappa shape index (κ2) is 8.09. The van der Waals surface area contributed by atoms with Crippen molar-refractivity contribution in [2.45, 2.75) is 11.6 Å². The first-order valence-corrected chi connectivity index (χ1v) is 9.11. The minimum absolute atomic E-state index is 0.119. The van der Waals surface area contributed by atoms with E-state index < -0.39 is 0 Å². The number of hydrogen-bond donors (Lipinski definition) is 1. The third-order valence-electron chi connectivity index (χ3n) is 4.03. The maximum atomic E-state index is 12.2. The van der Waals surface area contributed by atoms with Gasteiger partial charge in [0.2, 0.25) is 5.91 Å². The number of carbonyl (C=O) groups excluding carboxylic acids is 1. The summed E-state index contributed by atoms with van der Waals surface area (Å²) < 4.78 is 9.22. The number of ether oxygens (including phenoxy) is 1. The predicted octanol–water partition coefficient (Wildman–Crippen LogP) is 2.48. The summed E-state index contributed by atoms with van der Waals surface area (Å²) in [6, 6.07) is 11.4. The van der Waals surface area contributed by atoms with Crippen LogP contribution in [-0.2, 0) is 25.3 Å². The van der Waals surface area contributed by atoms with E-state index in [2.05, 4.69) is 26.1 Å². The van der Waals surface area contributed by atoms with Crippen molar-refractivity contribution < 1.29 is 9.53 Å². The molecule has 0 bridgehead atoms. The molecule has 3 rings (SSSR count). The maximum Gasteiger partial charge on any atom is 0.234 e. The van der Waals surface area contributed by atoms with E-state index >= 15 is 0 Å². The van der Waals surface area contributed by atoms with E-state index in [9.17, 15) is 4.79 Å². The molecule has 8 heteroatoms. The van der Waals surface area contributed by atoms with Crippen molar-refractivity contribution in [1.29, 1.82) is 0 Å². The van der Waals surface area contributed by atoms with Gasteiger partial charge in [-0.1, -0.05) is 23.9 Å². The van der Waals surface area contributed by atoms with Crippen LogP contribution >= 0.6 is 11.8 Å². The number of aromatic nitrogens is 4. The van der Waals surface area contributed by atoms with Crippen LogP contribution < -0.4 is 10.1 Å². The fourth-order valence-corrected chi connectivity index (χ4v) is 3.26. The summed E-state index contributed by atoms with van der Waals surface area (Å²) in [4.78, 5) is 12.2. The summed E-state index contributed by atoms with van der Waals surface area (Å²) >= 11 is 1.36. The van der Waals surface area contributed by atoms with Gasteiger partial charge in [-0.15, -0.1) is 10.2 Å². The number of methoxy groups -OCH3 is 1. The minimum atomic E-state index is -0.119. The number of carbonyl (C=O) groups is 1. The molecule has 26 heavy (non-hydrogen) atoms. The largest absolute Gasteiger partial charge is 0.495 e. The van der Waals surface area contributed by atoms with E-state index in [1.165, 1.54) is 11.8 Å². The van der Waals surface area contributed by atoms with Crippen LogP contribution in [0.5, 0.6) is 5.75 Å². The fraction of sp³-hybridized carbons (Fsp3) is 0.278. The van der Waals surface area contributed by atoms with Crippen molar-refractivity contribution in [1.82, 2.24) is 19.3 Å². The third-order valence-corrected chi connectivity index (χ3v) is 5.05. The number of amides is 1. The van der Waals surface area contributed by atoms with Crippen molar-refractivity contribution >= 4 is 23.4 Å². The second-order valence-electron chi connectivity index (χ2n) is 5.78. The SMILES string of the molecule is COc1ccccc1NC(=O)CSc1nnc(Cc2cccn2C)n1C. The van der Waals surface area contributed by atoms with Gasteiger partial charge < -0.3 is 19.2 Å². The standard InChI is InChI=1S/C18H21N5O2S/c1-22-10-6-7-13(22)11-16-20-21-18(23(16)2)26-12-17(24)19-14-8-4-5-9-15(14)25-3/h4-10H,11-12H2,1-3H3,(H,19,24). The first kappa shape index (κ1) is 18.1. The summed E-state index contributed by atoms with van der Waals surface area (Å²) in [5.41, 5.74) is 1.81. The van der Waals surface area contributed by atoms with Crippen molar-refractivity contribution in [3.8, 4) is 5.75 Å². The highest BCUT2D eigenvalue weighted by molar-refractivity contribution is 7.99. The van der Waals surface area contributed by atoms with Crippen LogP contribution in [0, 0.1) is 0 Å². The van der Waals surface area contributed by atoms with Crippen LogP contribution in [-0.4, -0.2) is 38.1 Å². The molecule has 0 aliphatic rings.